The lowest BCUT2D eigenvalue weighted by atomic mass is 9.85. The molecule has 0 aliphatic carbocycles. The van der Waals surface area contributed by atoms with Crippen LogP contribution in [0.15, 0.2) is 48.5 Å². The summed E-state index contributed by atoms with van der Waals surface area (Å²) >= 11 is 0. The van der Waals surface area contributed by atoms with Crippen molar-refractivity contribution in [2.75, 3.05) is 0 Å². The van der Waals surface area contributed by atoms with Crippen LogP contribution in [0, 0.1) is 11.3 Å². The van der Waals surface area contributed by atoms with E-state index in [-0.39, 0.29) is 5.41 Å². The minimum Gasteiger partial charge on any atom is -0.489 e. The van der Waals surface area contributed by atoms with Crippen LogP contribution in [-0.2, 0) is 12.0 Å². The topological polar surface area (TPSA) is 33.0 Å². The molecular weight excluding hydrogens is 246 g/mol. The normalized spacial score (nSPS) is 10.9. The first kappa shape index (κ1) is 14.1. The molecule has 0 saturated heterocycles. The molecule has 0 radical (unpaired) electrons. The lowest BCUT2D eigenvalue weighted by molar-refractivity contribution is 0.297. The number of hydrogen-bond donors (Lipinski definition) is 0. The highest BCUT2D eigenvalue weighted by Crippen LogP contribution is 2.32. The Hall–Kier alpha value is -2.27. The van der Waals surface area contributed by atoms with E-state index in [2.05, 4.69) is 26.8 Å². The highest BCUT2D eigenvalue weighted by molar-refractivity contribution is 5.45. The van der Waals surface area contributed by atoms with Crippen LogP contribution in [0.2, 0.25) is 0 Å². The van der Waals surface area contributed by atoms with Crippen LogP contribution in [0.3, 0.4) is 0 Å². The first-order valence-corrected chi connectivity index (χ1v) is 6.72. The van der Waals surface area contributed by atoms with Crippen molar-refractivity contribution in [2.45, 2.75) is 32.8 Å². The molecule has 0 spiro atoms. The predicted molar refractivity (Wildman–Crippen MR) is 80.6 cm³/mol. The summed E-state index contributed by atoms with van der Waals surface area (Å²) in [6, 6.07) is 17.9. The van der Waals surface area contributed by atoms with Gasteiger partial charge in [0, 0.05) is 5.56 Å². The van der Waals surface area contributed by atoms with Crippen LogP contribution in [0.4, 0.5) is 0 Å². The molecule has 2 rings (SSSR count). The lowest BCUT2D eigenvalue weighted by Crippen LogP contribution is -2.13. The van der Waals surface area contributed by atoms with E-state index in [1.54, 1.807) is 6.07 Å². The molecule has 0 atom stereocenters. The molecule has 20 heavy (non-hydrogen) atoms. The van der Waals surface area contributed by atoms with Crippen molar-refractivity contribution < 1.29 is 4.74 Å². The Morgan fingerprint density at radius 1 is 1.05 bits per heavy atom. The number of rotatable bonds is 3. The fraction of sp³-hybridized carbons (Fsp3) is 0.278. The standard InChI is InChI=1S/C18H19NO/c1-18(2,3)16-11-15(12-19)9-10-17(16)20-13-14-7-5-4-6-8-14/h4-11H,13H2,1-3H3. The maximum absolute atomic E-state index is 9.04. The van der Waals surface area contributed by atoms with Crippen LogP contribution in [0.25, 0.3) is 0 Å². The summed E-state index contributed by atoms with van der Waals surface area (Å²) in [4.78, 5) is 0. The smallest absolute Gasteiger partial charge is 0.123 e. The number of ether oxygens (including phenoxy) is 1. The van der Waals surface area contributed by atoms with Crippen molar-refractivity contribution in [3.63, 3.8) is 0 Å². The summed E-state index contributed by atoms with van der Waals surface area (Å²) < 4.78 is 5.94. The zero-order valence-electron chi connectivity index (χ0n) is 12.2. The average Bonchev–Trinajstić information content (AvgIpc) is 2.45. The summed E-state index contributed by atoms with van der Waals surface area (Å²) in [7, 11) is 0. The van der Waals surface area contributed by atoms with Crippen molar-refractivity contribution in [3.8, 4) is 11.8 Å². The summed E-state index contributed by atoms with van der Waals surface area (Å²) in [5.41, 5.74) is 2.81. The van der Waals surface area contributed by atoms with Gasteiger partial charge in [0.1, 0.15) is 12.4 Å². The first-order valence-electron chi connectivity index (χ1n) is 6.72. The Morgan fingerprint density at radius 3 is 2.35 bits per heavy atom. The lowest BCUT2D eigenvalue weighted by Gasteiger charge is -2.23. The molecule has 2 nitrogen and oxygen atoms in total. The summed E-state index contributed by atoms with van der Waals surface area (Å²) in [6.07, 6.45) is 0. The van der Waals surface area contributed by atoms with Gasteiger partial charge in [0.25, 0.3) is 0 Å². The number of nitrogens with zero attached hydrogens (tertiary/aromatic N) is 1. The second-order valence-electron chi connectivity index (χ2n) is 5.85. The molecule has 0 aromatic heterocycles. The minimum absolute atomic E-state index is 0.0567. The van der Waals surface area contributed by atoms with Gasteiger partial charge < -0.3 is 4.74 Å². The molecule has 0 fully saturated rings. The summed E-state index contributed by atoms with van der Waals surface area (Å²) in [5, 5.41) is 9.04. The van der Waals surface area contributed by atoms with E-state index in [9.17, 15) is 0 Å². The van der Waals surface area contributed by atoms with Gasteiger partial charge in [0.2, 0.25) is 0 Å². The fourth-order valence-corrected chi connectivity index (χ4v) is 2.05. The van der Waals surface area contributed by atoms with E-state index in [4.69, 9.17) is 10.00 Å². The maximum atomic E-state index is 9.04. The monoisotopic (exact) mass is 265 g/mol. The van der Waals surface area contributed by atoms with Crippen molar-refractivity contribution in [2.24, 2.45) is 0 Å². The van der Waals surface area contributed by atoms with Gasteiger partial charge in [-0.2, -0.15) is 5.26 Å². The van der Waals surface area contributed by atoms with E-state index in [0.717, 1.165) is 16.9 Å². The molecule has 0 heterocycles. The molecule has 0 bridgehead atoms. The molecule has 0 saturated carbocycles. The van der Waals surface area contributed by atoms with Crippen LogP contribution in [-0.4, -0.2) is 0 Å². The molecule has 0 aliphatic heterocycles. The second-order valence-corrected chi connectivity index (χ2v) is 5.85. The molecule has 0 N–H and O–H groups in total. The summed E-state index contributed by atoms with van der Waals surface area (Å²) in [5.74, 6) is 0.848. The Labute approximate surface area is 120 Å². The first-order chi connectivity index (χ1) is 9.50. The van der Waals surface area contributed by atoms with Crippen LogP contribution < -0.4 is 4.74 Å². The van der Waals surface area contributed by atoms with E-state index in [1.165, 1.54) is 0 Å². The number of benzene rings is 2. The van der Waals surface area contributed by atoms with Crippen LogP contribution in [0.5, 0.6) is 5.75 Å². The average molecular weight is 265 g/mol. The summed E-state index contributed by atoms with van der Waals surface area (Å²) in [6.45, 7) is 6.91. The van der Waals surface area contributed by atoms with Gasteiger partial charge >= 0.3 is 0 Å². The van der Waals surface area contributed by atoms with E-state index in [0.29, 0.717) is 12.2 Å². The highest BCUT2D eigenvalue weighted by atomic mass is 16.5. The second kappa shape index (κ2) is 5.79. The fourth-order valence-electron chi connectivity index (χ4n) is 2.05. The van der Waals surface area contributed by atoms with Gasteiger partial charge in [-0.1, -0.05) is 51.1 Å². The third kappa shape index (κ3) is 3.39. The molecule has 0 aliphatic rings. The Balaban J connectivity index is 2.25. The van der Waals surface area contributed by atoms with E-state index >= 15 is 0 Å². The highest BCUT2D eigenvalue weighted by Gasteiger charge is 2.19. The van der Waals surface area contributed by atoms with Crippen LogP contribution in [0.1, 0.15) is 37.5 Å². The minimum atomic E-state index is -0.0567. The van der Waals surface area contributed by atoms with Crippen molar-refractivity contribution in [1.82, 2.24) is 0 Å². The molecule has 2 aromatic rings. The molecule has 2 heteroatoms. The quantitative estimate of drug-likeness (QED) is 0.822. The van der Waals surface area contributed by atoms with Crippen molar-refractivity contribution in [3.05, 3.63) is 65.2 Å². The number of hydrogen-bond acceptors (Lipinski definition) is 2. The van der Waals surface area contributed by atoms with Crippen LogP contribution >= 0.6 is 0 Å². The molecule has 0 amide bonds. The van der Waals surface area contributed by atoms with Gasteiger partial charge in [0.05, 0.1) is 11.6 Å². The Morgan fingerprint density at radius 2 is 1.75 bits per heavy atom. The van der Waals surface area contributed by atoms with Gasteiger partial charge in [-0.3, -0.25) is 0 Å². The maximum Gasteiger partial charge on any atom is 0.123 e. The molecular formula is C18H19NO. The van der Waals surface area contributed by atoms with Gasteiger partial charge in [0.15, 0.2) is 0 Å². The van der Waals surface area contributed by atoms with Crippen molar-refractivity contribution >= 4 is 0 Å². The van der Waals surface area contributed by atoms with E-state index in [1.807, 2.05) is 42.5 Å². The van der Waals surface area contributed by atoms with E-state index < -0.39 is 0 Å². The third-order valence-corrected chi connectivity index (χ3v) is 3.15. The SMILES string of the molecule is CC(C)(C)c1cc(C#N)ccc1OCc1ccccc1. The third-order valence-electron chi connectivity index (χ3n) is 3.15. The van der Waals surface area contributed by atoms with Crippen molar-refractivity contribution in [1.29, 1.82) is 5.26 Å². The molecule has 2 aromatic carbocycles. The Bertz CT molecular complexity index is 618. The zero-order chi connectivity index (χ0) is 14.6. The predicted octanol–water partition coefficient (Wildman–Crippen LogP) is 4.43. The van der Waals surface area contributed by atoms with Gasteiger partial charge in [-0.15, -0.1) is 0 Å². The van der Waals surface area contributed by atoms with Gasteiger partial charge in [-0.25, -0.2) is 0 Å². The molecule has 0 unspecified atom stereocenters. The zero-order valence-corrected chi connectivity index (χ0v) is 12.2. The van der Waals surface area contributed by atoms with Gasteiger partial charge in [-0.05, 0) is 29.2 Å². The molecule has 102 valence electrons. The Kier molecular flexibility index (Phi) is 4.10. The largest absolute Gasteiger partial charge is 0.489 e. The number of nitriles is 1.